The van der Waals surface area contributed by atoms with Crippen molar-refractivity contribution in [3.8, 4) is 0 Å². The van der Waals surface area contributed by atoms with Crippen molar-refractivity contribution in [2.24, 2.45) is 0 Å². The molecule has 1 aliphatic heterocycles. The molecule has 0 fully saturated rings. The van der Waals surface area contributed by atoms with Crippen LogP contribution < -0.4 is 5.32 Å². The molecule has 0 spiro atoms. The fraction of sp³-hybridized carbons (Fsp3) is 0.125. The summed E-state index contributed by atoms with van der Waals surface area (Å²) < 4.78 is 23.7. The van der Waals surface area contributed by atoms with Crippen LogP contribution in [0.5, 0.6) is 0 Å². The molecule has 0 saturated carbocycles. The number of hydrogen-bond donors (Lipinski definition) is 1. The van der Waals surface area contributed by atoms with Crippen molar-refractivity contribution < 1.29 is 13.2 Å². The molecule has 0 radical (unpaired) electrons. The predicted octanol–water partition coefficient (Wildman–Crippen LogP) is 1.17. The maximum absolute atomic E-state index is 11.6. The van der Waals surface area contributed by atoms with E-state index < -0.39 is 21.5 Å². The normalized spacial score (nSPS) is 18.5. The number of carbonyl (C=O) groups excluding carboxylic acids is 1. The van der Waals surface area contributed by atoms with Crippen molar-refractivity contribution in [3.63, 3.8) is 0 Å². The van der Waals surface area contributed by atoms with Crippen molar-refractivity contribution in [2.75, 3.05) is 11.1 Å². The van der Waals surface area contributed by atoms with Gasteiger partial charge in [0.1, 0.15) is 5.75 Å². The zero-order chi connectivity index (χ0) is 10.3. The minimum absolute atomic E-state index is 0.173. The molecule has 14 heavy (non-hydrogen) atoms. The molecule has 1 amide bonds. The van der Waals surface area contributed by atoms with Crippen LogP contribution in [0.2, 0.25) is 0 Å². The lowest BCUT2D eigenvalue weighted by molar-refractivity contribution is -0.114. The highest BCUT2D eigenvalue weighted by Crippen LogP contribution is 2.33. The molecule has 1 N–H and O–H groups in total. The van der Waals surface area contributed by atoms with Gasteiger partial charge in [0.15, 0.2) is 9.84 Å². The van der Waals surface area contributed by atoms with E-state index in [1.807, 2.05) is 0 Å². The zero-order valence-corrected chi connectivity index (χ0v) is 9.35. The number of hydrogen-bond acceptors (Lipinski definition) is 3. The Hall–Kier alpha value is -0.880. The van der Waals surface area contributed by atoms with Crippen molar-refractivity contribution >= 4 is 37.4 Å². The number of carbonyl (C=O) groups is 1. The van der Waals surface area contributed by atoms with Crippen LogP contribution in [-0.4, -0.2) is 20.1 Å². The molecule has 0 aromatic heterocycles. The molecule has 74 valence electrons. The van der Waals surface area contributed by atoms with Crippen LogP contribution >= 0.6 is 15.9 Å². The molecule has 0 atom stereocenters. The summed E-state index contributed by atoms with van der Waals surface area (Å²) in [6.07, 6.45) is 0. The first-order valence-electron chi connectivity index (χ1n) is 3.82. The minimum Gasteiger partial charge on any atom is -0.323 e. The van der Waals surface area contributed by atoms with Crippen LogP contribution in [0.25, 0.3) is 0 Å². The molecule has 0 aliphatic carbocycles. The van der Waals surface area contributed by atoms with E-state index in [0.29, 0.717) is 10.2 Å². The fourth-order valence-electron chi connectivity index (χ4n) is 1.31. The van der Waals surface area contributed by atoms with Gasteiger partial charge in [-0.1, -0.05) is 6.07 Å². The number of rotatable bonds is 0. The number of fused-ring (bicyclic) bond motifs is 1. The summed E-state index contributed by atoms with van der Waals surface area (Å²) in [5, 5.41) is 2.52. The van der Waals surface area contributed by atoms with Gasteiger partial charge < -0.3 is 5.32 Å². The summed E-state index contributed by atoms with van der Waals surface area (Å²) in [7, 11) is -3.46. The Morgan fingerprint density at radius 1 is 1.36 bits per heavy atom. The SMILES string of the molecule is O=C1CS(=O)(=O)c2cccc(Br)c2N1. The third kappa shape index (κ3) is 1.44. The maximum Gasteiger partial charge on any atom is 0.240 e. The van der Waals surface area contributed by atoms with Gasteiger partial charge in [-0.25, -0.2) is 8.42 Å². The molecule has 0 bridgehead atoms. The van der Waals surface area contributed by atoms with E-state index in [1.54, 1.807) is 12.1 Å². The Morgan fingerprint density at radius 2 is 2.07 bits per heavy atom. The summed E-state index contributed by atoms with van der Waals surface area (Å²) >= 11 is 3.18. The Bertz CT molecular complexity index is 509. The quantitative estimate of drug-likeness (QED) is 0.773. The third-order valence-electron chi connectivity index (χ3n) is 1.90. The van der Waals surface area contributed by atoms with Gasteiger partial charge in [0.2, 0.25) is 5.91 Å². The van der Waals surface area contributed by atoms with E-state index in [0.717, 1.165) is 0 Å². The molecular weight excluding hydrogens is 270 g/mol. The molecule has 1 aliphatic rings. The smallest absolute Gasteiger partial charge is 0.240 e. The average molecular weight is 276 g/mol. The fourth-order valence-corrected chi connectivity index (χ4v) is 3.24. The Labute approximate surface area is 89.4 Å². The highest BCUT2D eigenvalue weighted by Gasteiger charge is 2.29. The van der Waals surface area contributed by atoms with E-state index >= 15 is 0 Å². The molecule has 0 saturated heterocycles. The summed E-state index contributed by atoms with van der Waals surface area (Å²) in [6, 6.07) is 4.78. The molecule has 4 nitrogen and oxygen atoms in total. The van der Waals surface area contributed by atoms with Gasteiger partial charge in [-0.15, -0.1) is 0 Å². The highest BCUT2D eigenvalue weighted by molar-refractivity contribution is 9.10. The van der Waals surface area contributed by atoms with Crippen LogP contribution in [0.1, 0.15) is 0 Å². The standard InChI is InChI=1S/C8H6BrNO3S/c9-5-2-1-3-6-8(5)10-7(11)4-14(6,12)13/h1-3H,4H2,(H,10,11). The largest absolute Gasteiger partial charge is 0.323 e. The second kappa shape index (κ2) is 3.06. The summed E-state index contributed by atoms with van der Waals surface area (Å²) in [6.45, 7) is 0. The van der Waals surface area contributed by atoms with Crippen molar-refractivity contribution in [1.82, 2.24) is 0 Å². The number of para-hydroxylation sites is 1. The maximum atomic E-state index is 11.6. The first-order chi connectivity index (χ1) is 6.50. The van der Waals surface area contributed by atoms with Gasteiger partial charge in [0, 0.05) is 4.47 Å². The van der Waals surface area contributed by atoms with E-state index in [9.17, 15) is 13.2 Å². The minimum atomic E-state index is -3.46. The Kier molecular flexibility index (Phi) is 2.11. The average Bonchev–Trinajstić information content (AvgIpc) is 2.05. The third-order valence-corrected chi connectivity index (χ3v) is 4.21. The molecule has 1 aromatic carbocycles. The van der Waals surface area contributed by atoms with Gasteiger partial charge in [-0.05, 0) is 28.1 Å². The van der Waals surface area contributed by atoms with E-state index in [-0.39, 0.29) is 4.90 Å². The first-order valence-corrected chi connectivity index (χ1v) is 6.26. The number of benzene rings is 1. The number of nitrogens with one attached hydrogen (secondary N) is 1. The number of halogens is 1. The molecular formula is C8H6BrNO3S. The molecule has 0 unspecified atom stereocenters. The number of sulfone groups is 1. The lowest BCUT2D eigenvalue weighted by Crippen LogP contribution is -2.29. The molecule has 6 heteroatoms. The van der Waals surface area contributed by atoms with Gasteiger partial charge in [0.25, 0.3) is 0 Å². The van der Waals surface area contributed by atoms with Gasteiger partial charge in [0.05, 0.1) is 10.6 Å². The predicted molar refractivity (Wildman–Crippen MR) is 54.8 cm³/mol. The second-order valence-electron chi connectivity index (χ2n) is 2.92. The van der Waals surface area contributed by atoms with Crippen LogP contribution in [0, 0.1) is 0 Å². The van der Waals surface area contributed by atoms with Gasteiger partial charge in [-0.3, -0.25) is 4.79 Å². The summed E-state index contributed by atoms with van der Waals surface area (Å²) in [5.41, 5.74) is 0.337. The summed E-state index contributed by atoms with van der Waals surface area (Å²) in [4.78, 5) is 11.3. The van der Waals surface area contributed by atoms with Gasteiger partial charge >= 0.3 is 0 Å². The molecule has 1 heterocycles. The van der Waals surface area contributed by atoms with Crippen LogP contribution in [0.15, 0.2) is 27.6 Å². The van der Waals surface area contributed by atoms with Crippen LogP contribution in [-0.2, 0) is 14.6 Å². The second-order valence-corrected chi connectivity index (χ2v) is 5.73. The van der Waals surface area contributed by atoms with Crippen molar-refractivity contribution in [3.05, 3.63) is 22.7 Å². The zero-order valence-electron chi connectivity index (χ0n) is 6.95. The Balaban J connectivity index is 2.76. The van der Waals surface area contributed by atoms with Crippen LogP contribution in [0.3, 0.4) is 0 Å². The first kappa shape index (κ1) is 9.67. The molecule has 2 rings (SSSR count). The van der Waals surface area contributed by atoms with Crippen molar-refractivity contribution in [2.45, 2.75) is 4.90 Å². The lowest BCUT2D eigenvalue weighted by atomic mass is 10.3. The molecule has 1 aromatic rings. The highest BCUT2D eigenvalue weighted by atomic mass is 79.9. The summed E-state index contributed by atoms with van der Waals surface area (Å²) in [5.74, 6) is -0.972. The topological polar surface area (TPSA) is 63.2 Å². The van der Waals surface area contributed by atoms with E-state index in [4.69, 9.17) is 0 Å². The van der Waals surface area contributed by atoms with Crippen molar-refractivity contribution in [1.29, 1.82) is 0 Å². The number of amides is 1. The van der Waals surface area contributed by atoms with Gasteiger partial charge in [-0.2, -0.15) is 0 Å². The Morgan fingerprint density at radius 3 is 2.79 bits per heavy atom. The van der Waals surface area contributed by atoms with E-state index in [2.05, 4.69) is 21.2 Å². The lowest BCUT2D eigenvalue weighted by Gasteiger charge is -2.17. The van der Waals surface area contributed by atoms with E-state index in [1.165, 1.54) is 6.07 Å². The van der Waals surface area contributed by atoms with Crippen LogP contribution in [0.4, 0.5) is 5.69 Å². The monoisotopic (exact) mass is 275 g/mol. The number of anilines is 1.